The van der Waals surface area contributed by atoms with Gasteiger partial charge in [0.15, 0.2) is 5.69 Å². The fourth-order valence-corrected chi connectivity index (χ4v) is 3.46. The van der Waals surface area contributed by atoms with E-state index in [4.69, 9.17) is 26.1 Å². The summed E-state index contributed by atoms with van der Waals surface area (Å²) in [6.45, 7) is 5.32. The number of benzene rings is 2. The topological polar surface area (TPSA) is 67.5 Å². The number of carbonyl (C=O) groups excluding carboxylic acids is 1. The Bertz CT molecular complexity index is 978. The maximum Gasteiger partial charge on any atom is 0.357 e. The van der Waals surface area contributed by atoms with E-state index in [0.717, 1.165) is 43.1 Å². The Balaban J connectivity index is 1.67. The molecule has 2 heterocycles. The minimum atomic E-state index is -0.430. The molecule has 1 aliphatic heterocycles. The smallest absolute Gasteiger partial charge is 0.357 e. The summed E-state index contributed by atoms with van der Waals surface area (Å²) < 4.78 is 10.6. The molecule has 0 radical (unpaired) electrons. The number of ether oxygens (including phenoxy) is 2. The molecule has 0 atom stereocenters. The van der Waals surface area contributed by atoms with Gasteiger partial charge in [-0.15, -0.1) is 0 Å². The number of aromatic amines is 1. The molecule has 1 N–H and O–H groups in total. The van der Waals surface area contributed by atoms with E-state index in [0.29, 0.717) is 28.8 Å². The molecule has 1 fully saturated rings. The van der Waals surface area contributed by atoms with Crippen molar-refractivity contribution in [3.8, 4) is 22.6 Å². The van der Waals surface area contributed by atoms with Gasteiger partial charge < -0.3 is 19.4 Å². The quantitative estimate of drug-likeness (QED) is 0.630. The minimum Gasteiger partial charge on any atom is -0.461 e. The van der Waals surface area contributed by atoms with Gasteiger partial charge in [-0.25, -0.2) is 9.78 Å². The number of nitrogens with zero attached hydrogens (tertiary/aromatic N) is 2. The molecule has 1 saturated heterocycles. The van der Waals surface area contributed by atoms with Gasteiger partial charge in [-0.2, -0.15) is 0 Å². The summed E-state index contributed by atoms with van der Waals surface area (Å²) >= 11 is 6.00. The Kier molecular flexibility index (Phi) is 5.83. The van der Waals surface area contributed by atoms with Crippen LogP contribution < -0.4 is 4.90 Å². The van der Waals surface area contributed by atoms with E-state index in [1.807, 2.05) is 24.3 Å². The second-order valence-electron chi connectivity index (χ2n) is 6.68. The minimum absolute atomic E-state index is 0.293. The van der Waals surface area contributed by atoms with Crippen LogP contribution in [0.1, 0.15) is 17.4 Å². The maximum atomic E-state index is 12.5. The Morgan fingerprint density at radius 3 is 2.41 bits per heavy atom. The highest BCUT2D eigenvalue weighted by Crippen LogP contribution is 2.29. The Hall–Kier alpha value is -2.83. The summed E-state index contributed by atoms with van der Waals surface area (Å²) in [5.41, 5.74) is 3.72. The SMILES string of the molecule is CCOC(=O)c1[nH]c(-c2ccc(N3CCOCC3)cc2)nc1-c1ccc(Cl)cc1. The van der Waals surface area contributed by atoms with Crippen molar-refractivity contribution < 1.29 is 14.3 Å². The van der Waals surface area contributed by atoms with Gasteiger partial charge in [-0.05, 0) is 43.3 Å². The number of aromatic nitrogens is 2. The first-order valence-corrected chi connectivity index (χ1v) is 9.99. The molecular formula is C22H22ClN3O3. The van der Waals surface area contributed by atoms with Crippen LogP contribution >= 0.6 is 11.6 Å². The molecule has 0 aliphatic carbocycles. The summed E-state index contributed by atoms with van der Waals surface area (Å²) in [5.74, 6) is 0.188. The zero-order chi connectivity index (χ0) is 20.2. The van der Waals surface area contributed by atoms with Crippen molar-refractivity contribution in [1.29, 1.82) is 0 Å². The first-order valence-electron chi connectivity index (χ1n) is 9.62. The van der Waals surface area contributed by atoms with E-state index in [2.05, 4.69) is 22.0 Å². The zero-order valence-corrected chi connectivity index (χ0v) is 16.9. The molecular weight excluding hydrogens is 390 g/mol. The van der Waals surface area contributed by atoms with Gasteiger partial charge in [-0.3, -0.25) is 0 Å². The molecule has 0 unspecified atom stereocenters. The van der Waals surface area contributed by atoms with Crippen LogP contribution in [-0.4, -0.2) is 48.8 Å². The Labute approximate surface area is 174 Å². The summed E-state index contributed by atoms with van der Waals surface area (Å²) in [6.07, 6.45) is 0. The van der Waals surface area contributed by atoms with Gasteiger partial charge in [0.2, 0.25) is 0 Å². The molecule has 3 aromatic rings. The zero-order valence-electron chi connectivity index (χ0n) is 16.2. The molecule has 150 valence electrons. The second kappa shape index (κ2) is 8.68. The highest BCUT2D eigenvalue weighted by Gasteiger charge is 2.21. The lowest BCUT2D eigenvalue weighted by molar-refractivity contribution is 0.0521. The molecule has 0 spiro atoms. The van der Waals surface area contributed by atoms with Crippen LogP contribution in [0.5, 0.6) is 0 Å². The number of hydrogen-bond acceptors (Lipinski definition) is 5. The van der Waals surface area contributed by atoms with Crippen molar-refractivity contribution in [3.05, 3.63) is 59.2 Å². The van der Waals surface area contributed by atoms with Crippen molar-refractivity contribution in [2.75, 3.05) is 37.8 Å². The van der Waals surface area contributed by atoms with Crippen LogP contribution in [-0.2, 0) is 9.47 Å². The molecule has 7 heteroatoms. The monoisotopic (exact) mass is 411 g/mol. The summed E-state index contributed by atoms with van der Waals surface area (Å²) in [5, 5.41) is 0.626. The molecule has 2 aromatic carbocycles. The molecule has 1 aromatic heterocycles. The highest BCUT2D eigenvalue weighted by molar-refractivity contribution is 6.30. The first-order chi connectivity index (χ1) is 14.2. The second-order valence-corrected chi connectivity index (χ2v) is 7.12. The van der Waals surface area contributed by atoms with Crippen LogP contribution in [0.3, 0.4) is 0 Å². The number of halogens is 1. The van der Waals surface area contributed by atoms with Crippen LogP contribution in [0.15, 0.2) is 48.5 Å². The summed E-state index contributed by atoms with van der Waals surface area (Å²) in [6, 6.07) is 15.4. The van der Waals surface area contributed by atoms with Crippen molar-refractivity contribution in [2.24, 2.45) is 0 Å². The number of rotatable bonds is 5. The number of esters is 1. The fourth-order valence-electron chi connectivity index (χ4n) is 3.33. The average Bonchev–Trinajstić information content (AvgIpc) is 3.21. The van der Waals surface area contributed by atoms with Gasteiger partial charge in [0.1, 0.15) is 11.5 Å². The molecule has 6 nitrogen and oxygen atoms in total. The normalized spacial score (nSPS) is 14.1. The van der Waals surface area contributed by atoms with Crippen molar-refractivity contribution >= 4 is 23.3 Å². The molecule has 1 aliphatic rings. The lowest BCUT2D eigenvalue weighted by atomic mass is 10.1. The van der Waals surface area contributed by atoms with Gasteiger partial charge in [0, 0.05) is 34.9 Å². The number of anilines is 1. The van der Waals surface area contributed by atoms with Crippen LogP contribution in [0.4, 0.5) is 5.69 Å². The van der Waals surface area contributed by atoms with Crippen molar-refractivity contribution in [1.82, 2.24) is 9.97 Å². The van der Waals surface area contributed by atoms with Crippen LogP contribution in [0, 0.1) is 0 Å². The van der Waals surface area contributed by atoms with E-state index in [-0.39, 0.29) is 0 Å². The standard InChI is InChI=1S/C22H22ClN3O3/c1-2-29-22(27)20-19(15-3-7-17(23)8-4-15)24-21(25-20)16-5-9-18(10-6-16)26-11-13-28-14-12-26/h3-10H,2,11-14H2,1H3,(H,24,25). The molecule has 0 amide bonds. The Morgan fingerprint density at radius 1 is 1.10 bits per heavy atom. The van der Waals surface area contributed by atoms with Gasteiger partial charge in [-0.1, -0.05) is 23.7 Å². The third kappa shape index (κ3) is 4.28. The summed E-state index contributed by atoms with van der Waals surface area (Å²) in [4.78, 5) is 22.6. The van der Waals surface area contributed by atoms with Gasteiger partial charge >= 0.3 is 5.97 Å². The average molecular weight is 412 g/mol. The third-order valence-electron chi connectivity index (χ3n) is 4.82. The molecule has 29 heavy (non-hydrogen) atoms. The van der Waals surface area contributed by atoms with E-state index >= 15 is 0 Å². The third-order valence-corrected chi connectivity index (χ3v) is 5.07. The number of carbonyl (C=O) groups is 1. The molecule has 4 rings (SSSR count). The maximum absolute atomic E-state index is 12.5. The number of morpholine rings is 1. The summed E-state index contributed by atoms with van der Waals surface area (Å²) in [7, 11) is 0. The van der Waals surface area contributed by atoms with Crippen LogP contribution in [0.25, 0.3) is 22.6 Å². The Morgan fingerprint density at radius 2 is 1.76 bits per heavy atom. The molecule has 0 saturated carbocycles. The number of H-pyrrole nitrogens is 1. The lowest BCUT2D eigenvalue weighted by Crippen LogP contribution is -2.36. The number of imidazole rings is 1. The van der Waals surface area contributed by atoms with Gasteiger partial charge in [0.25, 0.3) is 0 Å². The molecule has 0 bridgehead atoms. The lowest BCUT2D eigenvalue weighted by Gasteiger charge is -2.28. The first kappa shape index (κ1) is 19.5. The van der Waals surface area contributed by atoms with Crippen molar-refractivity contribution in [3.63, 3.8) is 0 Å². The van der Waals surface area contributed by atoms with Crippen molar-refractivity contribution in [2.45, 2.75) is 6.92 Å². The van der Waals surface area contributed by atoms with E-state index in [1.165, 1.54) is 0 Å². The highest BCUT2D eigenvalue weighted by atomic mass is 35.5. The van der Waals surface area contributed by atoms with E-state index < -0.39 is 5.97 Å². The van der Waals surface area contributed by atoms with E-state index in [1.54, 1.807) is 19.1 Å². The van der Waals surface area contributed by atoms with E-state index in [9.17, 15) is 4.79 Å². The number of nitrogens with one attached hydrogen (secondary N) is 1. The van der Waals surface area contributed by atoms with Gasteiger partial charge in [0.05, 0.1) is 19.8 Å². The predicted molar refractivity (Wildman–Crippen MR) is 113 cm³/mol. The largest absolute Gasteiger partial charge is 0.461 e. The fraction of sp³-hybridized carbons (Fsp3) is 0.273. The predicted octanol–water partition coefficient (Wildman–Crippen LogP) is 4.41. The number of hydrogen-bond donors (Lipinski definition) is 1. The van der Waals surface area contributed by atoms with Crippen LogP contribution in [0.2, 0.25) is 5.02 Å².